The summed E-state index contributed by atoms with van der Waals surface area (Å²) in [6, 6.07) is 2.14. The van der Waals surface area contributed by atoms with Crippen LogP contribution < -0.4 is 5.73 Å². The van der Waals surface area contributed by atoms with E-state index in [9.17, 15) is 0 Å². The van der Waals surface area contributed by atoms with Gasteiger partial charge in [0.25, 0.3) is 0 Å². The summed E-state index contributed by atoms with van der Waals surface area (Å²) in [5.74, 6) is 0.726. The Labute approximate surface area is 104 Å². The maximum atomic E-state index is 5.70. The lowest BCUT2D eigenvalue weighted by Crippen LogP contribution is -2.25. The molecule has 4 heteroatoms. The zero-order chi connectivity index (χ0) is 12.3. The maximum absolute atomic E-state index is 5.70. The number of hydrogen-bond donors (Lipinski definition) is 1. The summed E-state index contributed by atoms with van der Waals surface area (Å²) in [5, 5.41) is 4.48. The minimum Gasteiger partial charge on any atom is -0.330 e. The number of nitrogens with two attached hydrogens (primary N) is 1. The lowest BCUT2D eigenvalue weighted by Gasteiger charge is -2.15. The molecule has 1 unspecified atom stereocenters. The van der Waals surface area contributed by atoms with Crippen LogP contribution in [0.2, 0.25) is 0 Å². The number of aryl methyl sites for hydroxylation is 3. The van der Waals surface area contributed by atoms with Gasteiger partial charge in [-0.2, -0.15) is 5.10 Å². The fraction of sp³-hybridized carbons (Fsp3) is 0.769. The summed E-state index contributed by atoms with van der Waals surface area (Å²) in [6.45, 7) is 9.63. The number of likely N-dealkylation sites (tertiary alicyclic amines) is 1. The van der Waals surface area contributed by atoms with E-state index >= 15 is 0 Å². The highest BCUT2D eigenvalue weighted by Crippen LogP contribution is 2.15. The van der Waals surface area contributed by atoms with E-state index in [1.54, 1.807) is 0 Å². The van der Waals surface area contributed by atoms with Gasteiger partial charge in [-0.25, -0.2) is 0 Å². The predicted molar refractivity (Wildman–Crippen MR) is 69.9 cm³/mol. The molecular formula is C13H24N4. The van der Waals surface area contributed by atoms with Crippen LogP contribution in [0.4, 0.5) is 0 Å². The van der Waals surface area contributed by atoms with Gasteiger partial charge in [0.1, 0.15) is 0 Å². The SMILES string of the molecule is Cc1cc(C)n(CCCN2CCC(CN)C2)n1. The Morgan fingerprint density at radius 2 is 2.24 bits per heavy atom. The molecule has 2 N–H and O–H groups in total. The highest BCUT2D eigenvalue weighted by molar-refractivity contribution is 5.06. The van der Waals surface area contributed by atoms with E-state index < -0.39 is 0 Å². The van der Waals surface area contributed by atoms with Crippen LogP contribution in [0.1, 0.15) is 24.2 Å². The molecule has 1 aliphatic rings. The summed E-state index contributed by atoms with van der Waals surface area (Å²) in [4.78, 5) is 2.53. The van der Waals surface area contributed by atoms with Crippen molar-refractivity contribution in [3.05, 3.63) is 17.5 Å². The first-order chi connectivity index (χ1) is 8.19. The molecule has 1 aromatic rings. The molecule has 2 rings (SSSR count). The number of nitrogens with zero attached hydrogens (tertiary/aromatic N) is 3. The zero-order valence-corrected chi connectivity index (χ0v) is 11.0. The van der Waals surface area contributed by atoms with E-state index in [1.807, 2.05) is 0 Å². The minimum absolute atomic E-state index is 0.726. The molecule has 1 aromatic heterocycles. The Bertz CT molecular complexity index is 358. The lowest BCUT2D eigenvalue weighted by atomic mass is 10.1. The van der Waals surface area contributed by atoms with Crippen molar-refractivity contribution in [1.29, 1.82) is 0 Å². The molecule has 0 aromatic carbocycles. The van der Waals surface area contributed by atoms with Crippen LogP contribution in [0.5, 0.6) is 0 Å². The Kier molecular flexibility index (Phi) is 4.18. The van der Waals surface area contributed by atoms with Gasteiger partial charge in [0, 0.05) is 18.8 Å². The second-order valence-corrected chi connectivity index (χ2v) is 5.19. The monoisotopic (exact) mass is 236 g/mol. The third-order valence-corrected chi connectivity index (χ3v) is 3.65. The maximum Gasteiger partial charge on any atom is 0.0596 e. The molecule has 4 nitrogen and oxygen atoms in total. The van der Waals surface area contributed by atoms with Gasteiger partial charge in [-0.3, -0.25) is 4.68 Å². The largest absolute Gasteiger partial charge is 0.330 e. The molecule has 1 fully saturated rings. The van der Waals surface area contributed by atoms with Gasteiger partial charge in [-0.15, -0.1) is 0 Å². The van der Waals surface area contributed by atoms with Crippen molar-refractivity contribution in [3.63, 3.8) is 0 Å². The van der Waals surface area contributed by atoms with Crippen molar-refractivity contribution in [1.82, 2.24) is 14.7 Å². The van der Waals surface area contributed by atoms with Gasteiger partial charge < -0.3 is 10.6 Å². The average molecular weight is 236 g/mol. The molecule has 0 saturated carbocycles. The zero-order valence-electron chi connectivity index (χ0n) is 11.0. The highest BCUT2D eigenvalue weighted by atomic mass is 15.3. The van der Waals surface area contributed by atoms with Crippen LogP contribution in [0, 0.1) is 19.8 Å². The summed E-state index contributed by atoms with van der Waals surface area (Å²) >= 11 is 0. The summed E-state index contributed by atoms with van der Waals surface area (Å²) in [6.07, 6.45) is 2.45. The molecule has 0 amide bonds. The molecular weight excluding hydrogens is 212 g/mol. The highest BCUT2D eigenvalue weighted by Gasteiger charge is 2.20. The fourth-order valence-corrected chi connectivity index (χ4v) is 2.65. The van der Waals surface area contributed by atoms with Crippen molar-refractivity contribution in [3.8, 4) is 0 Å². The van der Waals surface area contributed by atoms with Gasteiger partial charge in [0.15, 0.2) is 0 Å². The van der Waals surface area contributed by atoms with E-state index in [0.29, 0.717) is 0 Å². The van der Waals surface area contributed by atoms with Crippen molar-refractivity contribution >= 4 is 0 Å². The Morgan fingerprint density at radius 3 is 2.82 bits per heavy atom. The van der Waals surface area contributed by atoms with E-state index in [4.69, 9.17) is 5.73 Å². The lowest BCUT2D eigenvalue weighted by molar-refractivity contribution is 0.310. The molecule has 0 radical (unpaired) electrons. The second kappa shape index (κ2) is 5.65. The van der Waals surface area contributed by atoms with Crippen LogP contribution in [0.3, 0.4) is 0 Å². The van der Waals surface area contributed by atoms with Gasteiger partial charge in [-0.1, -0.05) is 0 Å². The summed E-state index contributed by atoms with van der Waals surface area (Å²) in [7, 11) is 0. The Hall–Kier alpha value is -0.870. The third kappa shape index (κ3) is 3.30. The van der Waals surface area contributed by atoms with Gasteiger partial charge in [0.2, 0.25) is 0 Å². The summed E-state index contributed by atoms with van der Waals surface area (Å²) in [5.41, 5.74) is 8.08. The Morgan fingerprint density at radius 1 is 1.41 bits per heavy atom. The van der Waals surface area contributed by atoms with Gasteiger partial charge in [0.05, 0.1) is 5.69 Å². The van der Waals surface area contributed by atoms with Crippen LogP contribution >= 0.6 is 0 Å². The van der Waals surface area contributed by atoms with Crippen LogP contribution in [-0.4, -0.2) is 40.9 Å². The van der Waals surface area contributed by atoms with Crippen molar-refractivity contribution < 1.29 is 0 Å². The molecule has 96 valence electrons. The molecule has 2 heterocycles. The topological polar surface area (TPSA) is 47.1 Å². The molecule has 0 aliphatic carbocycles. The first-order valence-corrected chi connectivity index (χ1v) is 6.62. The predicted octanol–water partition coefficient (Wildman–Crippen LogP) is 1.17. The quantitative estimate of drug-likeness (QED) is 0.835. The van der Waals surface area contributed by atoms with Crippen LogP contribution in [0.25, 0.3) is 0 Å². The second-order valence-electron chi connectivity index (χ2n) is 5.19. The third-order valence-electron chi connectivity index (χ3n) is 3.65. The number of rotatable bonds is 5. The van der Waals surface area contributed by atoms with Gasteiger partial charge in [-0.05, 0) is 58.3 Å². The van der Waals surface area contributed by atoms with Crippen LogP contribution in [-0.2, 0) is 6.54 Å². The number of aromatic nitrogens is 2. The van der Waals surface area contributed by atoms with E-state index in [2.05, 4.69) is 34.6 Å². The van der Waals surface area contributed by atoms with E-state index in [0.717, 1.165) is 24.7 Å². The molecule has 1 atom stereocenters. The molecule has 17 heavy (non-hydrogen) atoms. The van der Waals surface area contributed by atoms with Gasteiger partial charge >= 0.3 is 0 Å². The Balaban J connectivity index is 1.71. The first kappa shape index (κ1) is 12.6. The standard InChI is InChI=1S/C13H24N4/c1-11-8-12(2)17(15-11)6-3-5-16-7-4-13(9-14)10-16/h8,13H,3-7,9-10,14H2,1-2H3. The molecule has 0 spiro atoms. The van der Waals surface area contributed by atoms with Crippen molar-refractivity contribution in [2.75, 3.05) is 26.2 Å². The van der Waals surface area contributed by atoms with Crippen molar-refractivity contribution in [2.24, 2.45) is 11.7 Å². The number of hydrogen-bond acceptors (Lipinski definition) is 3. The first-order valence-electron chi connectivity index (χ1n) is 6.62. The van der Waals surface area contributed by atoms with Crippen molar-refractivity contribution in [2.45, 2.75) is 33.2 Å². The van der Waals surface area contributed by atoms with E-state index in [1.165, 1.54) is 38.2 Å². The van der Waals surface area contributed by atoms with Crippen LogP contribution in [0.15, 0.2) is 6.07 Å². The average Bonchev–Trinajstić information content (AvgIpc) is 2.86. The van der Waals surface area contributed by atoms with E-state index in [-0.39, 0.29) is 0 Å². The molecule has 1 aliphatic heterocycles. The molecule has 0 bridgehead atoms. The fourth-order valence-electron chi connectivity index (χ4n) is 2.65. The summed E-state index contributed by atoms with van der Waals surface area (Å²) < 4.78 is 2.12. The molecule has 1 saturated heterocycles. The minimum atomic E-state index is 0.726. The smallest absolute Gasteiger partial charge is 0.0596 e. The normalized spacial score (nSPS) is 21.2.